The van der Waals surface area contributed by atoms with Crippen LogP contribution in [0.1, 0.15) is 16.2 Å². The SMILES string of the molecule is Cc1cccc(C(=O)Nc2cnn(CC(=O)N3CCOCC3)c2)n1. The molecule has 1 aliphatic rings. The quantitative estimate of drug-likeness (QED) is 0.892. The third-order valence-electron chi connectivity index (χ3n) is 3.67. The number of carbonyl (C=O) groups is 2. The second-order valence-electron chi connectivity index (χ2n) is 5.54. The van der Waals surface area contributed by atoms with Crippen molar-refractivity contribution < 1.29 is 14.3 Å². The van der Waals surface area contributed by atoms with Crippen molar-refractivity contribution in [3.05, 3.63) is 42.0 Å². The fourth-order valence-corrected chi connectivity index (χ4v) is 2.43. The van der Waals surface area contributed by atoms with Gasteiger partial charge in [-0.1, -0.05) is 6.07 Å². The number of aromatic nitrogens is 3. The minimum atomic E-state index is -0.308. The number of morpholine rings is 1. The molecule has 2 aromatic heterocycles. The molecular formula is C16H19N5O3. The second kappa shape index (κ2) is 7.22. The molecule has 8 nitrogen and oxygen atoms in total. The number of ether oxygens (including phenoxy) is 1. The fraction of sp³-hybridized carbons (Fsp3) is 0.375. The number of anilines is 1. The van der Waals surface area contributed by atoms with Crippen molar-refractivity contribution in [3.63, 3.8) is 0 Å². The summed E-state index contributed by atoms with van der Waals surface area (Å²) in [6, 6.07) is 5.25. The Morgan fingerprint density at radius 1 is 1.29 bits per heavy atom. The molecule has 2 amide bonds. The number of nitrogens with one attached hydrogen (secondary N) is 1. The van der Waals surface area contributed by atoms with Crippen LogP contribution in [-0.4, -0.2) is 57.8 Å². The fourth-order valence-electron chi connectivity index (χ4n) is 2.43. The number of hydrogen-bond acceptors (Lipinski definition) is 5. The van der Waals surface area contributed by atoms with Gasteiger partial charge in [-0.05, 0) is 19.1 Å². The average molecular weight is 329 g/mol. The minimum Gasteiger partial charge on any atom is -0.378 e. The van der Waals surface area contributed by atoms with Crippen LogP contribution in [0.15, 0.2) is 30.6 Å². The molecule has 0 aromatic carbocycles. The summed E-state index contributed by atoms with van der Waals surface area (Å²) in [4.78, 5) is 30.2. The monoisotopic (exact) mass is 329 g/mol. The molecule has 0 saturated carbocycles. The maximum Gasteiger partial charge on any atom is 0.274 e. The summed E-state index contributed by atoms with van der Waals surface area (Å²) in [7, 11) is 0. The Morgan fingerprint density at radius 3 is 2.83 bits per heavy atom. The maximum atomic E-state index is 12.2. The summed E-state index contributed by atoms with van der Waals surface area (Å²) in [6.07, 6.45) is 3.15. The Labute approximate surface area is 139 Å². The normalized spacial score (nSPS) is 14.5. The molecule has 0 aliphatic carbocycles. The molecule has 1 saturated heterocycles. The summed E-state index contributed by atoms with van der Waals surface area (Å²) < 4.78 is 6.74. The van der Waals surface area contributed by atoms with Gasteiger partial charge in [-0.25, -0.2) is 4.98 Å². The van der Waals surface area contributed by atoms with Gasteiger partial charge in [0.15, 0.2) is 0 Å². The largest absolute Gasteiger partial charge is 0.378 e. The van der Waals surface area contributed by atoms with E-state index in [9.17, 15) is 9.59 Å². The van der Waals surface area contributed by atoms with Crippen molar-refractivity contribution in [2.45, 2.75) is 13.5 Å². The van der Waals surface area contributed by atoms with E-state index >= 15 is 0 Å². The third-order valence-corrected chi connectivity index (χ3v) is 3.67. The van der Waals surface area contributed by atoms with E-state index in [1.54, 1.807) is 23.2 Å². The van der Waals surface area contributed by atoms with Gasteiger partial charge in [-0.2, -0.15) is 5.10 Å². The first-order chi connectivity index (χ1) is 11.6. The van der Waals surface area contributed by atoms with E-state index < -0.39 is 0 Å². The van der Waals surface area contributed by atoms with Crippen molar-refractivity contribution in [1.82, 2.24) is 19.7 Å². The van der Waals surface area contributed by atoms with E-state index in [1.165, 1.54) is 10.9 Å². The molecule has 0 atom stereocenters. The predicted molar refractivity (Wildman–Crippen MR) is 86.6 cm³/mol. The number of amides is 2. The van der Waals surface area contributed by atoms with E-state index in [1.807, 2.05) is 13.0 Å². The molecule has 3 rings (SSSR count). The Bertz CT molecular complexity index is 737. The van der Waals surface area contributed by atoms with Crippen molar-refractivity contribution in [2.75, 3.05) is 31.6 Å². The van der Waals surface area contributed by atoms with Crippen molar-refractivity contribution in [3.8, 4) is 0 Å². The molecular weight excluding hydrogens is 310 g/mol. The van der Waals surface area contributed by atoms with E-state index in [0.717, 1.165) is 5.69 Å². The molecule has 2 aromatic rings. The van der Waals surface area contributed by atoms with Gasteiger partial charge in [-0.3, -0.25) is 14.3 Å². The third kappa shape index (κ3) is 3.96. The Balaban J connectivity index is 1.59. The molecule has 1 aliphatic heterocycles. The molecule has 24 heavy (non-hydrogen) atoms. The number of pyridine rings is 1. The lowest BCUT2D eigenvalue weighted by Gasteiger charge is -2.26. The first-order valence-corrected chi connectivity index (χ1v) is 7.75. The maximum absolute atomic E-state index is 12.2. The molecule has 0 bridgehead atoms. The molecule has 126 valence electrons. The van der Waals surface area contributed by atoms with Crippen LogP contribution in [-0.2, 0) is 16.1 Å². The number of nitrogens with zero attached hydrogens (tertiary/aromatic N) is 4. The molecule has 8 heteroatoms. The molecule has 1 N–H and O–H groups in total. The van der Waals surface area contributed by atoms with Gasteiger partial charge in [0.25, 0.3) is 5.91 Å². The van der Waals surface area contributed by atoms with Gasteiger partial charge in [0.05, 0.1) is 25.1 Å². The Kier molecular flexibility index (Phi) is 4.85. The Hall–Kier alpha value is -2.74. The second-order valence-corrected chi connectivity index (χ2v) is 5.54. The van der Waals surface area contributed by atoms with Crippen LogP contribution in [0.3, 0.4) is 0 Å². The van der Waals surface area contributed by atoms with Crippen molar-refractivity contribution >= 4 is 17.5 Å². The van der Waals surface area contributed by atoms with Gasteiger partial charge < -0.3 is 15.0 Å². The van der Waals surface area contributed by atoms with Crippen LogP contribution < -0.4 is 5.32 Å². The summed E-state index contributed by atoms with van der Waals surface area (Å²) in [5, 5.41) is 6.85. The van der Waals surface area contributed by atoms with Crippen LogP contribution in [0, 0.1) is 6.92 Å². The highest BCUT2D eigenvalue weighted by Crippen LogP contribution is 2.08. The molecule has 0 unspecified atom stereocenters. The highest BCUT2D eigenvalue weighted by Gasteiger charge is 2.17. The summed E-state index contributed by atoms with van der Waals surface area (Å²) >= 11 is 0. The molecule has 3 heterocycles. The lowest BCUT2D eigenvalue weighted by atomic mass is 10.3. The van der Waals surface area contributed by atoms with Crippen LogP contribution in [0.5, 0.6) is 0 Å². The molecule has 1 fully saturated rings. The van der Waals surface area contributed by atoms with Crippen LogP contribution in [0.2, 0.25) is 0 Å². The highest BCUT2D eigenvalue weighted by atomic mass is 16.5. The number of carbonyl (C=O) groups excluding carboxylic acids is 2. The van der Waals surface area contributed by atoms with E-state index in [4.69, 9.17) is 4.74 Å². The van der Waals surface area contributed by atoms with Crippen molar-refractivity contribution in [2.24, 2.45) is 0 Å². The summed E-state index contributed by atoms with van der Waals surface area (Å²) in [5.74, 6) is -0.322. The lowest BCUT2D eigenvalue weighted by molar-refractivity contribution is -0.136. The summed E-state index contributed by atoms with van der Waals surface area (Å²) in [5.41, 5.74) is 1.64. The standard InChI is InChI=1S/C16H19N5O3/c1-12-3-2-4-14(18-12)16(23)19-13-9-17-21(10-13)11-15(22)20-5-7-24-8-6-20/h2-4,9-10H,5-8,11H2,1H3,(H,19,23). The zero-order chi connectivity index (χ0) is 16.9. The smallest absolute Gasteiger partial charge is 0.274 e. The van der Waals surface area contributed by atoms with Crippen molar-refractivity contribution in [1.29, 1.82) is 0 Å². The topological polar surface area (TPSA) is 89.4 Å². The van der Waals surface area contributed by atoms with Gasteiger partial charge >= 0.3 is 0 Å². The van der Waals surface area contributed by atoms with Crippen LogP contribution in [0.4, 0.5) is 5.69 Å². The van der Waals surface area contributed by atoms with E-state index in [0.29, 0.717) is 37.7 Å². The molecule has 0 radical (unpaired) electrons. The number of aryl methyl sites for hydroxylation is 1. The van der Waals surface area contributed by atoms with E-state index in [2.05, 4.69) is 15.4 Å². The first-order valence-electron chi connectivity index (χ1n) is 7.75. The zero-order valence-electron chi connectivity index (χ0n) is 13.4. The zero-order valence-corrected chi connectivity index (χ0v) is 13.4. The predicted octanol–water partition coefficient (Wildman–Crippen LogP) is 0.698. The van der Waals surface area contributed by atoms with Crippen LogP contribution in [0.25, 0.3) is 0 Å². The van der Waals surface area contributed by atoms with Crippen LogP contribution >= 0.6 is 0 Å². The number of hydrogen-bond donors (Lipinski definition) is 1. The average Bonchev–Trinajstić information content (AvgIpc) is 3.02. The Morgan fingerprint density at radius 2 is 2.08 bits per heavy atom. The molecule has 0 spiro atoms. The van der Waals surface area contributed by atoms with Gasteiger partial charge in [-0.15, -0.1) is 0 Å². The lowest BCUT2D eigenvalue weighted by Crippen LogP contribution is -2.42. The minimum absolute atomic E-state index is 0.0142. The summed E-state index contributed by atoms with van der Waals surface area (Å²) in [6.45, 7) is 4.29. The van der Waals surface area contributed by atoms with Gasteiger partial charge in [0, 0.05) is 25.0 Å². The first kappa shape index (κ1) is 16.1. The highest BCUT2D eigenvalue weighted by molar-refractivity contribution is 6.02. The number of rotatable bonds is 4. The van der Waals surface area contributed by atoms with Gasteiger partial charge in [0.1, 0.15) is 12.2 Å². The van der Waals surface area contributed by atoms with E-state index in [-0.39, 0.29) is 18.4 Å². The van der Waals surface area contributed by atoms with Gasteiger partial charge in [0.2, 0.25) is 5.91 Å².